The Labute approximate surface area is 104 Å². The normalized spacial score (nSPS) is 11.9. The van der Waals surface area contributed by atoms with Gasteiger partial charge >= 0.3 is 0 Å². The van der Waals surface area contributed by atoms with Gasteiger partial charge < -0.3 is 9.62 Å². The van der Waals surface area contributed by atoms with Crippen molar-refractivity contribution in [3.05, 3.63) is 66.0 Å². The van der Waals surface area contributed by atoms with Crippen molar-refractivity contribution in [3.8, 4) is 11.3 Å². The van der Waals surface area contributed by atoms with Gasteiger partial charge in [-0.3, -0.25) is 0 Å². The van der Waals surface area contributed by atoms with Gasteiger partial charge in [0.15, 0.2) is 0 Å². The van der Waals surface area contributed by atoms with Crippen LogP contribution in [0, 0.1) is 0 Å². The summed E-state index contributed by atoms with van der Waals surface area (Å²) in [6, 6.07) is 19.0. The van der Waals surface area contributed by atoms with Crippen LogP contribution < -0.4 is 5.36 Å². The van der Waals surface area contributed by atoms with E-state index in [0.29, 0.717) is 16.7 Å². The van der Waals surface area contributed by atoms with Gasteiger partial charge in [0.2, 0.25) is 0 Å². The van der Waals surface area contributed by atoms with Crippen molar-refractivity contribution in [1.82, 2.24) is 0 Å². The molecule has 88 valence electrons. The van der Waals surface area contributed by atoms with Crippen molar-refractivity contribution in [2.45, 2.75) is 0 Å². The summed E-state index contributed by atoms with van der Waals surface area (Å²) in [6.07, 6.45) is 0. The van der Waals surface area contributed by atoms with Crippen LogP contribution in [0.2, 0.25) is 0 Å². The highest BCUT2D eigenvalue weighted by Crippen LogP contribution is 2.21. The molecule has 0 aliphatic carbocycles. The summed E-state index contributed by atoms with van der Waals surface area (Å²) in [5.74, 6) is 0.683. The fourth-order valence-electron chi connectivity index (χ4n) is 1.94. The van der Waals surface area contributed by atoms with Gasteiger partial charge in [0.1, 0.15) is 16.7 Å². The Hall–Kier alpha value is -2.55. The van der Waals surface area contributed by atoms with Crippen molar-refractivity contribution in [3.63, 3.8) is 0 Å². The molecule has 1 aromatic heterocycles. The number of nitrogens with zero attached hydrogens (tertiary/aromatic N) is 1. The third kappa shape index (κ3) is 1.76. The van der Waals surface area contributed by atoms with Crippen molar-refractivity contribution in [2.75, 3.05) is 0 Å². The Morgan fingerprint density at radius 1 is 0.889 bits per heavy atom. The molecule has 0 saturated heterocycles. The van der Waals surface area contributed by atoms with Gasteiger partial charge in [0.05, 0.1) is 0 Å². The number of fused-ring (bicyclic) bond motifs is 1. The zero-order chi connectivity index (χ0) is 12.4. The van der Waals surface area contributed by atoms with E-state index in [1.807, 2.05) is 54.6 Å². The summed E-state index contributed by atoms with van der Waals surface area (Å²) < 4.78 is 5.82. The quantitative estimate of drug-likeness (QED) is 0.521. The fraction of sp³-hybridized carbons (Fsp3) is 0. The highest BCUT2D eigenvalue weighted by molar-refractivity contribution is 5.78. The molecule has 2 aromatic carbocycles. The second kappa shape index (κ2) is 4.37. The van der Waals surface area contributed by atoms with Crippen LogP contribution in [0.1, 0.15) is 0 Å². The molecule has 0 radical (unpaired) electrons. The topological polar surface area (TPSA) is 45.7 Å². The molecule has 0 aliphatic rings. The molecule has 3 aromatic rings. The van der Waals surface area contributed by atoms with Crippen molar-refractivity contribution in [1.29, 1.82) is 0 Å². The van der Waals surface area contributed by atoms with Crippen LogP contribution in [-0.2, 0) is 0 Å². The van der Waals surface area contributed by atoms with Crippen molar-refractivity contribution < 1.29 is 9.62 Å². The van der Waals surface area contributed by atoms with Gasteiger partial charge in [0.25, 0.3) is 0 Å². The average Bonchev–Trinajstić information content (AvgIpc) is 2.47. The molecule has 0 bridgehead atoms. The van der Waals surface area contributed by atoms with Gasteiger partial charge in [-0.05, 0) is 12.1 Å². The van der Waals surface area contributed by atoms with Crippen LogP contribution in [0.25, 0.3) is 22.3 Å². The molecule has 3 nitrogen and oxygen atoms in total. The van der Waals surface area contributed by atoms with Crippen LogP contribution in [0.5, 0.6) is 0 Å². The maximum Gasteiger partial charge on any atom is 0.136 e. The standard InChI is InChI=1S/C15H11NO2/c17-16-13-10-15(11-6-2-1-3-7-11)18-14-9-5-4-8-12(13)14/h1-10,17H/b16-13-. The first-order chi connectivity index (χ1) is 8.88. The summed E-state index contributed by atoms with van der Waals surface area (Å²) in [5, 5.41) is 13.7. The van der Waals surface area contributed by atoms with E-state index in [2.05, 4.69) is 5.16 Å². The molecule has 0 unspecified atom stereocenters. The lowest BCUT2D eigenvalue weighted by Gasteiger charge is -2.03. The second-order valence-electron chi connectivity index (χ2n) is 3.96. The van der Waals surface area contributed by atoms with E-state index in [1.165, 1.54) is 0 Å². The number of benzene rings is 2. The second-order valence-corrected chi connectivity index (χ2v) is 3.96. The molecular formula is C15H11NO2. The van der Waals surface area contributed by atoms with Gasteiger partial charge in [-0.1, -0.05) is 47.6 Å². The summed E-state index contributed by atoms with van der Waals surface area (Å²) in [5.41, 5.74) is 1.65. The molecule has 3 rings (SSSR count). The Kier molecular flexibility index (Phi) is 2.57. The molecule has 0 aliphatic heterocycles. The third-order valence-corrected chi connectivity index (χ3v) is 2.82. The zero-order valence-electron chi connectivity index (χ0n) is 9.58. The first-order valence-electron chi connectivity index (χ1n) is 5.65. The van der Waals surface area contributed by atoms with E-state index in [1.54, 1.807) is 6.07 Å². The van der Waals surface area contributed by atoms with Gasteiger partial charge in [-0.25, -0.2) is 0 Å². The highest BCUT2D eigenvalue weighted by atomic mass is 16.4. The number of hydrogen-bond donors (Lipinski definition) is 1. The van der Waals surface area contributed by atoms with E-state index in [4.69, 9.17) is 9.62 Å². The van der Waals surface area contributed by atoms with Crippen LogP contribution >= 0.6 is 0 Å². The number of hydrogen-bond acceptors (Lipinski definition) is 3. The average molecular weight is 237 g/mol. The predicted molar refractivity (Wildman–Crippen MR) is 69.0 cm³/mol. The first-order valence-corrected chi connectivity index (χ1v) is 5.65. The lowest BCUT2D eigenvalue weighted by Crippen LogP contribution is -2.02. The molecule has 0 amide bonds. The molecule has 0 saturated carbocycles. The first kappa shape index (κ1) is 10.6. The Morgan fingerprint density at radius 3 is 2.39 bits per heavy atom. The van der Waals surface area contributed by atoms with Crippen LogP contribution in [0.15, 0.2) is 70.2 Å². The van der Waals surface area contributed by atoms with Gasteiger partial charge in [-0.2, -0.15) is 0 Å². The Morgan fingerprint density at radius 2 is 1.61 bits per heavy atom. The van der Waals surface area contributed by atoms with Crippen molar-refractivity contribution in [2.24, 2.45) is 5.16 Å². The summed E-state index contributed by atoms with van der Waals surface area (Å²) in [4.78, 5) is 0. The van der Waals surface area contributed by atoms with E-state index < -0.39 is 0 Å². The monoisotopic (exact) mass is 237 g/mol. The SMILES string of the molecule is O/N=c1/cc(-c2ccccc2)oc2ccccc12. The molecule has 3 heteroatoms. The molecule has 1 heterocycles. The zero-order valence-corrected chi connectivity index (χ0v) is 9.58. The fourth-order valence-corrected chi connectivity index (χ4v) is 1.94. The minimum absolute atomic E-state index is 0.510. The minimum atomic E-state index is 0.510. The summed E-state index contributed by atoms with van der Waals surface area (Å²) in [7, 11) is 0. The number of rotatable bonds is 1. The van der Waals surface area contributed by atoms with Crippen LogP contribution in [0.3, 0.4) is 0 Å². The largest absolute Gasteiger partial charge is 0.456 e. The predicted octanol–water partition coefficient (Wildman–Crippen LogP) is 3.39. The minimum Gasteiger partial charge on any atom is -0.456 e. The lowest BCUT2D eigenvalue weighted by molar-refractivity contribution is 0.302. The molecule has 0 atom stereocenters. The molecule has 0 spiro atoms. The number of para-hydroxylation sites is 1. The van der Waals surface area contributed by atoms with Crippen LogP contribution in [-0.4, -0.2) is 5.21 Å². The van der Waals surface area contributed by atoms with Crippen molar-refractivity contribution >= 4 is 11.0 Å². The Bertz CT molecular complexity index is 745. The maximum atomic E-state index is 9.09. The summed E-state index contributed by atoms with van der Waals surface area (Å²) >= 11 is 0. The molecule has 0 fully saturated rings. The van der Waals surface area contributed by atoms with E-state index in [9.17, 15) is 0 Å². The lowest BCUT2D eigenvalue weighted by atomic mass is 10.1. The van der Waals surface area contributed by atoms with E-state index in [-0.39, 0.29) is 0 Å². The molecular weight excluding hydrogens is 226 g/mol. The molecule has 18 heavy (non-hydrogen) atoms. The highest BCUT2D eigenvalue weighted by Gasteiger charge is 2.04. The van der Waals surface area contributed by atoms with Gasteiger partial charge in [-0.15, -0.1) is 0 Å². The maximum absolute atomic E-state index is 9.09. The van der Waals surface area contributed by atoms with E-state index in [0.717, 1.165) is 10.9 Å². The third-order valence-electron chi connectivity index (χ3n) is 2.82. The van der Waals surface area contributed by atoms with E-state index >= 15 is 0 Å². The Balaban J connectivity index is 2.34. The smallest absolute Gasteiger partial charge is 0.136 e. The molecule has 1 N–H and O–H groups in total. The van der Waals surface area contributed by atoms with Gasteiger partial charge in [0, 0.05) is 17.0 Å². The van der Waals surface area contributed by atoms with Crippen LogP contribution in [0.4, 0.5) is 0 Å². The summed E-state index contributed by atoms with van der Waals surface area (Å²) in [6.45, 7) is 0.